The molecule has 0 radical (unpaired) electrons. The summed E-state index contributed by atoms with van der Waals surface area (Å²) in [5.74, 6) is -1.39. The van der Waals surface area contributed by atoms with Crippen LogP contribution in [0.1, 0.15) is 12.8 Å². The van der Waals surface area contributed by atoms with Crippen LogP contribution in [0.5, 0.6) is 0 Å². The summed E-state index contributed by atoms with van der Waals surface area (Å²) in [6.07, 6.45) is 1.32. The van der Waals surface area contributed by atoms with Crippen molar-refractivity contribution in [3.05, 3.63) is 32.5 Å². The second kappa shape index (κ2) is 5.74. The highest BCUT2D eigenvalue weighted by molar-refractivity contribution is 9.10. The second-order valence-corrected chi connectivity index (χ2v) is 5.47. The molecular weight excluding hydrogens is 333 g/mol. The zero-order chi connectivity index (χ0) is 14.9. The fourth-order valence-electron chi connectivity index (χ4n) is 2.39. The fraction of sp³-hybridized carbons (Fsp3) is 0.417. The number of nitro groups is 1. The summed E-state index contributed by atoms with van der Waals surface area (Å²) < 4.78 is 13.7. The average Bonchev–Trinajstić information content (AvgIpc) is 2.41. The van der Waals surface area contributed by atoms with Gasteiger partial charge in [-0.2, -0.15) is 0 Å². The first-order chi connectivity index (χ1) is 9.41. The van der Waals surface area contributed by atoms with Crippen LogP contribution in [0.2, 0.25) is 0 Å². The van der Waals surface area contributed by atoms with Gasteiger partial charge in [-0.3, -0.25) is 14.9 Å². The molecule has 6 nitrogen and oxygen atoms in total. The number of piperidine rings is 1. The standard InChI is InChI=1S/C12H13BrFN3O3/c13-10-8(14)3-4-9(17(19)20)11(10)16-5-1-2-7(6-16)12(15)18/h3-4,7H,1-2,5-6H2,(H2,15,18)/t7-/m1/s1. The summed E-state index contributed by atoms with van der Waals surface area (Å²) in [5.41, 5.74) is 5.26. The van der Waals surface area contributed by atoms with E-state index in [1.807, 2.05) is 0 Å². The molecule has 2 rings (SSSR count). The third-order valence-electron chi connectivity index (χ3n) is 3.38. The van der Waals surface area contributed by atoms with E-state index in [1.165, 1.54) is 0 Å². The van der Waals surface area contributed by atoms with Crippen molar-refractivity contribution in [2.24, 2.45) is 11.7 Å². The van der Waals surface area contributed by atoms with Crippen LogP contribution < -0.4 is 10.6 Å². The van der Waals surface area contributed by atoms with Crippen LogP contribution in [0.15, 0.2) is 16.6 Å². The average molecular weight is 346 g/mol. The van der Waals surface area contributed by atoms with Crippen molar-refractivity contribution in [3.8, 4) is 0 Å². The number of halogens is 2. The molecule has 1 saturated heterocycles. The normalized spacial score (nSPS) is 18.9. The Morgan fingerprint density at radius 1 is 1.55 bits per heavy atom. The number of hydrogen-bond acceptors (Lipinski definition) is 4. The molecule has 0 bridgehead atoms. The van der Waals surface area contributed by atoms with Gasteiger partial charge in [0.2, 0.25) is 5.91 Å². The number of carbonyl (C=O) groups is 1. The summed E-state index contributed by atoms with van der Waals surface area (Å²) in [6, 6.07) is 2.17. The molecule has 1 aromatic rings. The van der Waals surface area contributed by atoms with Crippen molar-refractivity contribution < 1.29 is 14.1 Å². The Bertz CT molecular complexity index is 567. The van der Waals surface area contributed by atoms with Gasteiger partial charge < -0.3 is 10.6 Å². The number of nitro benzene ring substituents is 1. The molecule has 1 aliphatic heterocycles. The predicted octanol–water partition coefficient (Wildman–Crippen LogP) is 2.20. The van der Waals surface area contributed by atoms with E-state index in [0.29, 0.717) is 19.4 Å². The molecule has 0 aromatic heterocycles. The smallest absolute Gasteiger partial charge is 0.293 e. The summed E-state index contributed by atoms with van der Waals surface area (Å²) in [6.45, 7) is 0.783. The third-order valence-corrected chi connectivity index (χ3v) is 4.14. The predicted molar refractivity (Wildman–Crippen MR) is 74.9 cm³/mol. The molecule has 20 heavy (non-hydrogen) atoms. The van der Waals surface area contributed by atoms with Crippen molar-refractivity contribution >= 4 is 33.2 Å². The topological polar surface area (TPSA) is 89.5 Å². The lowest BCUT2D eigenvalue weighted by Crippen LogP contribution is -2.41. The lowest BCUT2D eigenvalue weighted by molar-refractivity contribution is -0.384. The number of amides is 1. The first kappa shape index (κ1) is 14.7. The number of nitrogens with zero attached hydrogens (tertiary/aromatic N) is 2. The zero-order valence-electron chi connectivity index (χ0n) is 10.5. The molecule has 1 amide bonds. The van der Waals surface area contributed by atoms with Crippen molar-refractivity contribution in [1.82, 2.24) is 0 Å². The maximum Gasteiger partial charge on any atom is 0.293 e. The molecule has 0 aliphatic carbocycles. The highest BCUT2D eigenvalue weighted by Gasteiger charge is 2.30. The van der Waals surface area contributed by atoms with Gasteiger partial charge in [0, 0.05) is 19.2 Å². The van der Waals surface area contributed by atoms with E-state index in [9.17, 15) is 19.3 Å². The first-order valence-electron chi connectivity index (χ1n) is 6.08. The molecule has 1 aliphatic rings. The number of hydrogen-bond donors (Lipinski definition) is 1. The van der Waals surface area contributed by atoms with Gasteiger partial charge in [0.25, 0.3) is 5.69 Å². The van der Waals surface area contributed by atoms with E-state index in [4.69, 9.17) is 5.73 Å². The number of nitrogens with two attached hydrogens (primary N) is 1. The molecule has 1 fully saturated rings. The van der Waals surface area contributed by atoms with Crippen LogP contribution in [0.25, 0.3) is 0 Å². The minimum absolute atomic E-state index is 0.0387. The van der Waals surface area contributed by atoms with Crippen molar-refractivity contribution in [3.63, 3.8) is 0 Å². The Hall–Kier alpha value is -1.70. The van der Waals surface area contributed by atoms with E-state index in [-0.39, 0.29) is 28.3 Å². The van der Waals surface area contributed by atoms with Crippen LogP contribution >= 0.6 is 15.9 Å². The van der Waals surface area contributed by atoms with Crippen molar-refractivity contribution in [2.45, 2.75) is 12.8 Å². The van der Waals surface area contributed by atoms with Gasteiger partial charge in [0.1, 0.15) is 11.5 Å². The number of carbonyl (C=O) groups excluding carboxylic acids is 1. The summed E-state index contributed by atoms with van der Waals surface area (Å²) >= 11 is 3.05. The lowest BCUT2D eigenvalue weighted by atomic mass is 9.97. The summed E-state index contributed by atoms with van der Waals surface area (Å²) in [5, 5.41) is 11.1. The van der Waals surface area contributed by atoms with E-state index >= 15 is 0 Å². The quantitative estimate of drug-likeness (QED) is 0.671. The zero-order valence-corrected chi connectivity index (χ0v) is 12.1. The molecule has 0 unspecified atom stereocenters. The van der Waals surface area contributed by atoms with Crippen LogP contribution in [-0.4, -0.2) is 23.9 Å². The van der Waals surface area contributed by atoms with E-state index in [2.05, 4.69) is 15.9 Å². The first-order valence-corrected chi connectivity index (χ1v) is 6.87. The molecule has 1 atom stereocenters. The Balaban J connectivity index is 2.43. The molecule has 1 aromatic carbocycles. The molecular formula is C12H13BrFN3O3. The van der Waals surface area contributed by atoms with Gasteiger partial charge in [0.15, 0.2) is 0 Å². The van der Waals surface area contributed by atoms with Crippen molar-refractivity contribution in [2.75, 3.05) is 18.0 Å². The minimum Gasteiger partial charge on any atom is -0.369 e. The van der Waals surface area contributed by atoms with Gasteiger partial charge in [-0.1, -0.05) is 0 Å². The number of anilines is 1. The number of benzene rings is 1. The molecule has 1 heterocycles. The molecule has 2 N–H and O–H groups in total. The van der Waals surface area contributed by atoms with Gasteiger partial charge in [0.05, 0.1) is 15.3 Å². The molecule has 0 saturated carbocycles. The van der Waals surface area contributed by atoms with Gasteiger partial charge in [-0.25, -0.2) is 4.39 Å². The lowest BCUT2D eigenvalue weighted by Gasteiger charge is -2.33. The third kappa shape index (κ3) is 2.74. The Morgan fingerprint density at radius 3 is 2.85 bits per heavy atom. The molecule has 108 valence electrons. The SMILES string of the molecule is NC(=O)[C@@H]1CCCN(c2c([N+](=O)[O-])ccc(F)c2Br)C1. The summed E-state index contributed by atoms with van der Waals surface area (Å²) in [7, 11) is 0. The maximum absolute atomic E-state index is 13.6. The monoisotopic (exact) mass is 345 g/mol. The minimum atomic E-state index is -0.577. The Kier molecular flexibility index (Phi) is 4.22. The molecule has 8 heteroatoms. The van der Waals surface area contributed by atoms with Crippen LogP contribution in [0, 0.1) is 21.8 Å². The maximum atomic E-state index is 13.6. The Morgan fingerprint density at radius 2 is 2.25 bits per heavy atom. The van der Waals surface area contributed by atoms with Crippen LogP contribution in [-0.2, 0) is 4.79 Å². The Labute approximate surface area is 123 Å². The van der Waals surface area contributed by atoms with Crippen LogP contribution in [0.4, 0.5) is 15.8 Å². The van der Waals surface area contributed by atoms with Gasteiger partial charge >= 0.3 is 0 Å². The summed E-state index contributed by atoms with van der Waals surface area (Å²) in [4.78, 5) is 23.4. The van der Waals surface area contributed by atoms with Crippen LogP contribution in [0.3, 0.4) is 0 Å². The van der Waals surface area contributed by atoms with E-state index in [1.54, 1.807) is 4.90 Å². The van der Waals surface area contributed by atoms with Crippen molar-refractivity contribution in [1.29, 1.82) is 0 Å². The second-order valence-electron chi connectivity index (χ2n) is 4.67. The van der Waals surface area contributed by atoms with E-state index in [0.717, 1.165) is 12.1 Å². The highest BCUT2D eigenvalue weighted by atomic mass is 79.9. The van der Waals surface area contributed by atoms with Gasteiger partial charge in [-0.05, 0) is 34.8 Å². The number of rotatable bonds is 3. The number of primary amides is 1. The van der Waals surface area contributed by atoms with Gasteiger partial charge in [-0.15, -0.1) is 0 Å². The molecule has 0 spiro atoms. The highest BCUT2D eigenvalue weighted by Crippen LogP contribution is 2.39. The largest absolute Gasteiger partial charge is 0.369 e. The fourth-order valence-corrected chi connectivity index (χ4v) is 2.98. The van der Waals surface area contributed by atoms with E-state index < -0.39 is 16.6 Å².